The van der Waals surface area contributed by atoms with Crippen LogP contribution in [0.5, 0.6) is 0 Å². The summed E-state index contributed by atoms with van der Waals surface area (Å²) < 4.78 is 0. The second-order valence-corrected chi connectivity index (χ2v) is 3.80. The molecule has 4 nitrogen and oxygen atoms in total. The Hall–Kier alpha value is -1.06. The maximum atomic E-state index is 11.3. The highest BCUT2D eigenvalue weighted by molar-refractivity contribution is 5.93. The zero-order chi connectivity index (χ0) is 10.6. The van der Waals surface area contributed by atoms with Gasteiger partial charge in [-0.3, -0.25) is 9.59 Å². The van der Waals surface area contributed by atoms with Crippen molar-refractivity contribution in [3.05, 3.63) is 0 Å². The number of carbonyl (C=O) groups is 2. The molecule has 14 heavy (non-hydrogen) atoms. The molecule has 1 heterocycles. The van der Waals surface area contributed by atoms with E-state index in [2.05, 4.69) is 6.92 Å². The van der Waals surface area contributed by atoms with Gasteiger partial charge in [0.25, 0.3) is 0 Å². The van der Waals surface area contributed by atoms with Gasteiger partial charge in [0, 0.05) is 13.1 Å². The maximum absolute atomic E-state index is 11.3. The van der Waals surface area contributed by atoms with E-state index in [0.717, 1.165) is 32.4 Å². The van der Waals surface area contributed by atoms with Gasteiger partial charge in [-0.15, -0.1) is 0 Å². The minimum absolute atomic E-state index is 0.243. The van der Waals surface area contributed by atoms with Crippen LogP contribution in [0.4, 0.5) is 0 Å². The molecule has 1 aliphatic heterocycles. The lowest BCUT2D eigenvalue weighted by Crippen LogP contribution is -2.39. The zero-order valence-corrected chi connectivity index (χ0v) is 8.53. The van der Waals surface area contributed by atoms with Crippen molar-refractivity contribution in [3.63, 3.8) is 0 Å². The van der Waals surface area contributed by atoms with Crippen molar-refractivity contribution in [2.45, 2.75) is 32.6 Å². The first-order chi connectivity index (χ1) is 6.63. The fraction of sp³-hybridized carbons (Fsp3) is 0.800. The molecule has 1 fully saturated rings. The molecular formula is C10H17NO3. The van der Waals surface area contributed by atoms with Gasteiger partial charge in [0.15, 0.2) is 0 Å². The van der Waals surface area contributed by atoms with E-state index in [-0.39, 0.29) is 12.3 Å². The molecule has 0 unspecified atom stereocenters. The molecule has 0 atom stereocenters. The number of rotatable bonds is 3. The lowest BCUT2D eigenvalue weighted by atomic mass is 9.94. The number of piperidine rings is 1. The van der Waals surface area contributed by atoms with E-state index in [1.807, 2.05) is 0 Å². The third kappa shape index (κ3) is 3.01. The van der Waals surface area contributed by atoms with Crippen LogP contribution in [0.1, 0.15) is 32.6 Å². The van der Waals surface area contributed by atoms with Crippen LogP contribution < -0.4 is 0 Å². The highest BCUT2D eigenvalue weighted by Gasteiger charge is 2.22. The van der Waals surface area contributed by atoms with Gasteiger partial charge in [-0.1, -0.05) is 13.3 Å². The highest BCUT2D eigenvalue weighted by atomic mass is 16.4. The summed E-state index contributed by atoms with van der Waals surface area (Å²) in [6.45, 7) is 3.61. The van der Waals surface area contributed by atoms with Crippen LogP contribution in [0.15, 0.2) is 0 Å². The molecule has 0 aliphatic carbocycles. The van der Waals surface area contributed by atoms with Gasteiger partial charge in [0.1, 0.15) is 6.42 Å². The van der Waals surface area contributed by atoms with Gasteiger partial charge in [-0.05, 0) is 18.8 Å². The fourth-order valence-electron chi connectivity index (χ4n) is 1.83. The van der Waals surface area contributed by atoms with Crippen molar-refractivity contribution in [2.24, 2.45) is 5.92 Å². The first-order valence-corrected chi connectivity index (χ1v) is 5.13. The van der Waals surface area contributed by atoms with E-state index in [4.69, 9.17) is 5.11 Å². The van der Waals surface area contributed by atoms with E-state index < -0.39 is 5.97 Å². The number of carbonyl (C=O) groups excluding carboxylic acids is 1. The zero-order valence-electron chi connectivity index (χ0n) is 8.53. The first-order valence-electron chi connectivity index (χ1n) is 5.13. The second kappa shape index (κ2) is 4.98. The Bertz CT molecular complexity index is 219. The van der Waals surface area contributed by atoms with Crippen LogP contribution in [0.3, 0.4) is 0 Å². The molecule has 0 radical (unpaired) electrons. The predicted octanol–water partition coefficient (Wildman–Crippen LogP) is 1.11. The Morgan fingerprint density at radius 3 is 2.36 bits per heavy atom. The molecule has 1 saturated heterocycles. The van der Waals surface area contributed by atoms with E-state index in [0.29, 0.717) is 5.92 Å². The number of carboxylic acid groups (broad SMARTS) is 1. The Kier molecular flexibility index (Phi) is 3.92. The molecule has 4 heteroatoms. The van der Waals surface area contributed by atoms with Crippen LogP contribution in [0.25, 0.3) is 0 Å². The summed E-state index contributed by atoms with van der Waals surface area (Å²) in [4.78, 5) is 23.3. The van der Waals surface area contributed by atoms with Gasteiger partial charge < -0.3 is 10.0 Å². The summed E-state index contributed by atoms with van der Waals surface area (Å²) in [5.74, 6) is -0.566. The molecule has 80 valence electrons. The molecule has 1 aliphatic rings. The van der Waals surface area contributed by atoms with Crippen molar-refractivity contribution < 1.29 is 14.7 Å². The number of amides is 1. The third-order valence-corrected chi connectivity index (χ3v) is 2.85. The normalized spacial score (nSPS) is 18.2. The van der Waals surface area contributed by atoms with Gasteiger partial charge in [0.2, 0.25) is 5.91 Å². The van der Waals surface area contributed by atoms with Crippen LogP contribution in [-0.2, 0) is 9.59 Å². The summed E-state index contributed by atoms with van der Waals surface area (Å²) in [5.41, 5.74) is 0. The van der Waals surface area contributed by atoms with Crippen LogP contribution in [0.2, 0.25) is 0 Å². The van der Waals surface area contributed by atoms with Crippen molar-refractivity contribution in [2.75, 3.05) is 13.1 Å². The third-order valence-electron chi connectivity index (χ3n) is 2.85. The van der Waals surface area contributed by atoms with Crippen molar-refractivity contribution in [3.8, 4) is 0 Å². The predicted molar refractivity (Wildman–Crippen MR) is 51.8 cm³/mol. The smallest absolute Gasteiger partial charge is 0.312 e. The number of aliphatic carboxylic acids is 1. The van der Waals surface area contributed by atoms with Crippen molar-refractivity contribution in [1.82, 2.24) is 4.90 Å². The van der Waals surface area contributed by atoms with E-state index in [1.165, 1.54) is 0 Å². The molecule has 0 aromatic heterocycles. The molecule has 0 saturated carbocycles. The molecule has 0 aromatic rings. The lowest BCUT2D eigenvalue weighted by Gasteiger charge is -2.31. The molecule has 0 aromatic carbocycles. The Morgan fingerprint density at radius 2 is 1.93 bits per heavy atom. The van der Waals surface area contributed by atoms with E-state index in [1.54, 1.807) is 4.90 Å². The molecule has 0 spiro atoms. The standard InChI is InChI=1S/C10H17NO3/c1-2-8-3-5-11(6-4-8)9(12)7-10(13)14/h8H,2-7H2,1H3,(H,13,14). The summed E-state index contributed by atoms with van der Waals surface area (Å²) in [5, 5.41) is 8.47. The van der Waals surface area contributed by atoms with Crippen LogP contribution >= 0.6 is 0 Å². The van der Waals surface area contributed by atoms with Gasteiger partial charge in [0.05, 0.1) is 0 Å². The van der Waals surface area contributed by atoms with Gasteiger partial charge in [-0.25, -0.2) is 0 Å². The molecule has 1 rings (SSSR count). The monoisotopic (exact) mass is 199 g/mol. The van der Waals surface area contributed by atoms with Crippen molar-refractivity contribution >= 4 is 11.9 Å². The number of hydrogen-bond donors (Lipinski definition) is 1. The minimum atomic E-state index is -1.03. The maximum Gasteiger partial charge on any atom is 0.312 e. The second-order valence-electron chi connectivity index (χ2n) is 3.80. The first kappa shape index (κ1) is 11.0. The Balaban J connectivity index is 2.34. The topological polar surface area (TPSA) is 57.6 Å². The molecular weight excluding hydrogens is 182 g/mol. The van der Waals surface area contributed by atoms with E-state index >= 15 is 0 Å². The fourth-order valence-corrected chi connectivity index (χ4v) is 1.83. The van der Waals surface area contributed by atoms with Gasteiger partial charge >= 0.3 is 5.97 Å². The summed E-state index contributed by atoms with van der Waals surface area (Å²) in [7, 11) is 0. The number of hydrogen-bond acceptors (Lipinski definition) is 2. The Labute approximate surface area is 83.9 Å². The largest absolute Gasteiger partial charge is 0.481 e. The van der Waals surface area contributed by atoms with Crippen molar-refractivity contribution in [1.29, 1.82) is 0 Å². The molecule has 1 amide bonds. The van der Waals surface area contributed by atoms with Gasteiger partial charge in [-0.2, -0.15) is 0 Å². The summed E-state index contributed by atoms with van der Waals surface area (Å²) >= 11 is 0. The highest BCUT2D eigenvalue weighted by Crippen LogP contribution is 2.20. The average molecular weight is 199 g/mol. The summed E-state index contributed by atoms with van der Waals surface area (Å²) in [6.07, 6.45) is 2.82. The summed E-state index contributed by atoms with van der Waals surface area (Å²) in [6, 6.07) is 0. The molecule has 0 bridgehead atoms. The molecule has 1 N–H and O–H groups in total. The minimum Gasteiger partial charge on any atom is -0.481 e. The van der Waals surface area contributed by atoms with E-state index in [9.17, 15) is 9.59 Å². The van der Waals surface area contributed by atoms with Crippen LogP contribution in [0, 0.1) is 5.92 Å². The quantitative estimate of drug-likeness (QED) is 0.693. The number of carboxylic acids is 1. The Morgan fingerprint density at radius 1 is 1.36 bits per heavy atom. The average Bonchev–Trinajstić information content (AvgIpc) is 2.17. The van der Waals surface area contributed by atoms with Crippen LogP contribution in [-0.4, -0.2) is 35.0 Å². The lowest BCUT2D eigenvalue weighted by molar-refractivity contribution is -0.144. The SMILES string of the molecule is CCC1CCN(C(=O)CC(=O)O)CC1. The number of likely N-dealkylation sites (tertiary alicyclic amines) is 1. The number of nitrogens with zero attached hydrogens (tertiary/aromatic N) is 1.